The minimum absolute atomic E-state index is 0.0259. The van der Waals surface area contributed by atoms with Gasteiger partial charge < -0.3 is 45.2 Å². The molecular formula is C51H56ClF4N8O10P. The van der Waals surface area contributed by atoms with Crippen molar-refractivity contribution in [2.75, 3.05) is 48.8 Å². The number of benzene rings is 3. The van der Waals surface area contributed by atoms with Crippen LogP contribution in [0.2, 0.25) is 5.02 Å². The molecular weight excluding hydrogens is 1030 g/mol. The molecule has 1 aromatic heterocycles. The number of anilines is 3. The number of imide groups is 1. The topological polar surface area (TPSA) is 223 Å². The summed E-state index contributed by atoms with van der Waals surface area (Å²) in [6.07, 6.45) is -4.82. The van der Waals surface area contributed by atoms with Crippen LogP contribution < -0.4 is 25.6 Å². The fourth-order valence-electron chi connectivity index (χ4n) is 11.6. The van der Waals surface area contributed by atoms with Gasteiger partial charge in [-0.1, -0.05) is 44.5 Å². The van der Waals surface area contributed by atoms with Crippen LogP contribution in [0.5, 0.6) is 5.75 Å². The number of hydrogen-bond acceptors (Lipinski definition) is 12. The Morgan fingerprint density at radius 1 is 1.04 bits per heavy atom. The highest BCUT2D eigenvalue weighted by atomic mass is 35.5. The van der Waals surface area contributed by atoms with Gasteiger partial charge in [-0.05, 0) is 91.8 Å². The van der Waals surface area contributed by atoms with E-state index in [1.54, 1.807) is 29.2 Å². The zero-order valence-corrected chi connectivity index (χ0v) is 43.4. The number of fused-ring (bicyclic) bond motifs is 3. The number of rotatable bonds is 11. The lowest BCUT2D eigenvalue weighted by Gasteiger charge is -2.41. The summed E-state index contributed by atoms with van der Waals surface area (Å²) in [4.78, 5) is 97.0. The second-order valence-electron chi connectivity index (χ2n) is 20.9. The van der Waals surface area contributed by atoms with E-state index in [4.69, 9.17) is 16.3 Å². The Kier molecular flexibility index (Phi) is 14.1. The molecule has 6 heterocycles. The maximum atomic E-state index is 16.4. The van der Waals surface area contributed by atoms with Crippen LogP contribution in [0.25, 0.3) is 0 Å². The minimum Gasteiger partial charge on any atom is -0.495 e. The van der Waals surface area contributed by atoms with Crippen molar-refractivity contribution in [1.82, 2.24) is 25.0 Å². The van der Waals surface area contributed by atoms with Crippen molar-refractivity contribution in [3.63, 3.8) is 0 Å². The molecule has 75 heavy (non-hydrogen) atoms. The molecule has 0 radical (unpaired) electrons. The fraction of sp³-hybridized carbons (Fsp3) is 0.451. The molecule has 3 fully saturated rings. The van der Waals surface area contributed by atoms with Crippen LogP contribution >= 0.6 is 19.4 Å². The summed E-state index contributed by atoms with van der Waals surface area (Å²) >= 11 is 6.37. The maximum absolute atomic E-state index is 16.4. The number of methoxy groups -OCH3 is 1. The molecule has 1 spiro atoms. The number of phosphoric acid groups is 1. The van der Waals surface area contributed by atoms with Crippen molar-refractivity contribution in [2.45, 2.75) is 108 Å². The van der Waals surface area contributed by atoms with E-state index < -0.39 is 84.8 Å². The summed E-state index contributed by atoms with van der Waals surface area (Å²) in [7, 11) is -3.66. The van der Waals surface area contributed by atoms with Gasteiger partial charge in [0, 0.05) is 96.8 Å². The molecule has 4 aromatic rings. The Morgan fingerprint density at radius 2 is 1.79 bits per heavy atom. The molecule has 5 N–H and O–H groups in total. The van der Waals surface area contributed by atoms with E-state index in [0.717, 1.165) is 11.8 Å². The summed E-state index contributed by atoms with van der Waals surface area (Å²) < 4.78 is 80.0. The van der Waals surface area contributed by atoms with Crippen LogP contribution in [0.4, 0.5) is 34.6 Å². The van der Waals surface area contributed by atoms with Crippen molar-refractivity contribution in [3.05, 3.63) is 111 Å². The smallest absolute Gasteiger partial charge is 0.471 e. The molecule has 18 nitrogen and oxygen atoms in total. The summed E-state index contributed by atoms with van der Waals surface area (Å²) in [5.74, 6) is -4.44. The molecule has 7 atom stereocenters. The van der Waals surface area contributed by atoms with Crippen molar-refractivity contribution in [1.29, 1.82) is 0 Å². The molecule has 0 saturated carbocycles. The first-order valence-electron chi connectivity index (χ1n) is 24.3. The zero-order chi connectivity index (χ0) is 54.3. The maximum Gasteiger partial charge on any atom is 0.471 e. The minimum atomic E-state index is -5.05. The number of piperidine rings is 1. The number of phosphoric ester groups is 1. The van der Waals surface area contributed by atoms with E-state index in [9.17, 15) is 51.5 Å². The number of likely N-dealkylation sites (tertiary alicyclic amines) is 1. The molecule has 24 heteroatoms. The third kappa shape index (κ3) is 10.1. The number of carbonyl (C=O) groups excluding carboxylic acids is 5. The number of aromatic nitrogens is 1. The molecule has 9 rings (SSSR count). The molecule has 5 aliphatic rings. The van der Waals surface area contributed by atoms with Crippen LogP contribution in [0.3, 0.4) is 0 Å². The van der Waals surface area contributed by atoms with Crippen molar-refractivity contribution < 1.29 is 65.1 Å². The van der Waals surface area contributed by atoms with E-state index in [1.165, 1.54) is 49.4 Å². The van der Waals surface area contributed by atoms with E-state index in [0.29, 0.717) is 47.6 Å². The molecule has 5 aliphatic heterocycles. The van der Waals surface area contributed by atoms with Crippen LogP contribution in [0.15, 0.2) is 66.9 Å². The molecule has 1 unspecified atom stereocenters. The Hall–Kier alpha value is -6.16. The second kappa shape index (κ2) is 19.8. The standard InChI is InChI=1S/C51H56ClF4N8O10P/c1-26-23-61(16-17-62(26)30-11-12-31-29(18-30)24-63(47(31)68)37-14-15-41(65)64(48(37)69)27(2)74-75(70,71)72)46(67)28-10-13-35(38(19-28)73-6)59-45(66)44-42(32-8-7-9-34(52)43(32)53)50(40(60-44)21-49(3,4)5)25-58-36-20-39(51(54,55)56)57-22-33(36)50/h7-13,18-20,22,26-27,37,40,42,44,58,60H,14-17,21,23-25H2,1-6H3,(H,59,66)(H2,70,71,72)/t26-,27?,37-,40-,42-,44+,50-/m0/s1. The first-order valence-corrected chi connectivity index (χ1v) is 26.2. The number of nitrogens with zero attached hydrogens (tertiary/aromatic N) is 5. The zero-order valence-electron chi connectivity index (χ0n) is 41.7. The molecule has 5 amide bonds. The Labute approximate surface area is 434 Å². The molecule has 0 bridgehead atoms. The van der Waals surface area contributed by atoms with Crippen LogP contribution in [0.1, 0.15) is 103 Å². The monoisotopic (exact) mass is 1080 g/mol. The van der Waals surface area contributed by atoms with Crippen LogP contribution in [-0.4, -0.2) is 123 Å². The predicted molar refractivity (Wildman–Crippen MR) is 266 cm³/mol. The number of ether oxygens (including phenoxy) is 1. The summed E-state index contributed by atoms with van der Waals surface area (Å²) in [5.41, 5.74) is 0.263. The largest absolute Gasteiger partial charge is 0.495 e. The number of piperazine rings is 1. The third-order valence-corrected chi connectivity index (χ3v) is 15.8. The van der Waals surface area contributed by atoms with Gasteiger partial charge in [0.25, 0.3) is 17.7 Å². The summed E-state index contributed by atoms with van der Waals surface area (Å²) in [6.45, 7) is 10.2. The van der Waals surface area contributed by atoms with Crippen molar-refractivity contribution in [2.24, 2.45) is 5.41 Å². The number of carbonyl (C=O) groups is 5. The number of hydrogen-bond donors (Lipinski definition) is 5. The van der Waals surface area contributed by atoms with Crippen molar-refractivity contribution in [3.8, 4) is 5.75 Å². The van der Waals surface area contributed by atoms with E-state index >= 15 is 4.39 Å². The summed E-state index contributed by atoms with van der Waals surface area (Å²) in [6, 6.07) is 12.3. The van der Waals surface area contributed by atoms with E-state index in [2.05, 4.69) is 30.4 Å². The lowest BCUT2D eigenvalue weighted by Crippen LogP contribution is -2.57. The highest BCUT2D eigenvalue weighted by Crippen LogP contribution is 2.57. The first kappa shape index (κ1) is 53.7. The Morgan fingerprint density at radius 3 is 2.47 bits per heavy atom. The van der Waals surface area contributed by atoms with Gasteiger partial charge in [-0.25, -0.2) is 8.96 Å². The van der Waals surface area contributed by atoms with Crippen LogP contribution in [0, 0.1) is 11.2 Å². The molecule has 3 aromatic carbocycles. The predicted octanol–water partition coefficient (Wildman–Crippen LogP) is 7.04. The second-order valence-corrected chi connectivity index (χ2v) is 22.5. The number of halogens is 5. The summed E-state index contributed by atoms with van der Waals surface area (Å²) in [5, 5.41) is 9.34. The Balaban J connectivity index is 0.909. The van der Waals surface area contributed by atoms with Crippen LogP contribution in [-0.2, 0) is 41.6 Å². The SMILES string of the molecule is COc1cc(C(=O)N2CCN(c3ccc4c(c3)CN([C@H]3CCC(=O)N(C(C)OP(=O)(O)O)C3=O)C4=O)[C@@H](C)C2)ccc1NC(=O)[C@@H]1N[C@@H](CC(C)(C)C)[C@@]2(CNc3cc(C(F)(F)F)ncc32)[C@H]1c1cccc(Cl)c1F. The highest BCUT2D eigenvalue weighted by Gasteiger charge is 2.62. The highest BCUT2D eigenvalue weighted by molar-refractivity contribution is 7.46. The molecule has 3 saturated heterocycles. The number of pyridine rings is 1. The normalized spacial score (nSPS) is 24.4. The van der Waals surface area contributed by atoms with Gasteiger partial charge in [-0.2, -0.15) is 13.2 Å². The van der Waals surface area contributed by atoms with Crippen molar-refractivity contribution >= 4 is 66.0 Å². The van der Waals surface area contributed by atoms with Gasteiger partial charge in [-0.3, -0.25) is 38.4 Å². The van der Waals surface area contributed by atoms with Gasteiger partial charge >= 0.3 is 14.0 Å². The van der Waals surface area contributed by atoms with Gasteiger partial charge in [0.15, 0.2) is 0 Å². The van der Waals surface area contributed by atoms with Gasteiger partial charge in [-0.15, -0.1) is 0 Å². The lowest BCUT2D eigenvalue weighted by molar-refractivity contribution is -0.161. The molecule has 0 aliphatic carbocycles. The Bertz CT molecular complexity index is 3050. The first-order chi connectivity index (χ1) is 35.2. The van der Waals surface area contributed by atoms with Gasteiger partial charge in [0.2, 0.25) is 11.8 Å². The fourth-order valence-corrected chi connectivity index (χ4v) is 12.3. The van der Waals surface area contributed by atoms with Gasteiger partial charge in [0.1, 0.15) is 29.5 Å². The third-order valence-electron chi connectivity index (χ3n) is 14.9. The lowest BCUT2D eigenvalue weighted by atomic mass is 9.63. The number of nitrogens with one attached hydrogen (secondary N) is 3. The average molecular weight is 1080 g/mol. The van der Waals surface area contributed by atoms with E-state index in [-0.39, 0.29) is 76.6 Å². The number of alkyl halides is 3. The van der Waals surface area contributed by atoms with E-state index in [1.807, 2.05) is 33.8 Å². The molecule has 400 valence electrons. The van der Waals surface area contributed by atoms with Gasteiger partial charge in [0.05, 0.1) is 23.9 Å². The average Bonchev–Trinajstić information content (AvgIpc) is 3.99. The number of amides is 5. The quantitative estimate of drug-likeness (QED) is 0.0578.